The Hall–Kier alpha value is -1.02. The van der Waals surface area contributed by atoms with Gasteiger partial charge in [-0.05, 0) is 25.1 Å². The van der Waals surface area contributed by atoms with Crippen molar-refractivity contribution in [1.29, 1.82) is 0 Å². The largest absolute Gasteiger partial charge is 0.330 e. The third kappa shape index (κ3) is 3.24. The van der Waals surface area contributed by atoms with Gasteiger partial charge in [-0.2, -0.15) is 4.80 Å². The van der Waals surface area contributed by atoms with Gasteiger partial charge in [0.2, 0.25) is 0 Å². The monoisotopic (exact) mass is 233 g/mol. The standard InChI is InChI=1S/C7H15N5O2S/c1-6(3-4-8)15(13,14)5-7-9-11-12(2)10-7/h6H,3-5,8H2,1-2H3. The van der Waals surface area contributed by atoms with Crippen molar-refractivity contribution >= 4 is 9.84 Å². The predicted molar refractivity (Wildman–Crippen MR) is 54.6 cm³/mol. The van der Waals surface area contributed by atoms with Crippen LogP contribution in [0, 0.1) is 0 Å². The minimum absolute atomic E-state index is 0.179. The lowest BCUT2D eigenvalue weighted by atomic mass is 10.3. The highest BCUT2D eigenvalue weighted by molar-refractivity contribution is 7.91. The van der Waals surface area contributed by atoms with Gasteiger partial charge in [0.1, 0.15) is 5.75 Å². The molecule has 0 aliphatic heterocycles. The molecule has 0 radical (unpaired) electrons. The van der Waals surface area contributed by atoms with Crippen molar-refractivity contribution in [2.24, 2.45) is 12.8 Å². The SMILES string of the molecule is CC(CCN)S(=O)(=O)Cc1nnn(C)n1. The average Bonchev–Trinajstić information content (AvgIpc) is 2.50. The van der Waals surface area contributed by atoms with Crippen LogP contribution in [0.3, 0.4) is 0 Å². The first-order valence-corrected chi connectivity index (χ1v) is 6.31. The molecule has 7 nitrogen and oxygen atoms in total. The number of hydrogen-bond acceptors (Lipinski definition) is 6. The molecule has 8 heteroatoms. The number of nitrogens with zero attached hydrogens (tertiary/aromatic N) is 4. The summed E-state index contributed by atoms with van der Waals surface area (Å²) in [6.45, 7) is 1.99. The molecule has 2 N–H and O–H groups in total. The van der Waals surface area contributed by atoms with E-state index >= 15 is 0 Å². The molecule has 0 aliphatic rings. The number of hydrogen-bond donors (Lipinski definition) is 1. The summed E-state index contributed by atoms with van der Waals surface area (Å²) in [7, 11) is -1.63. The molecule has 1 aromatic heterocycles. The maximum atomic E-state index is 11.7. The molecule has 1 heterocycles. The highest BCUT2D eigenvalue weighted by Gasteiger charge is 2.22. The number of aryl methyl sites for hydroxylation is 1. The van der Waals surface area contributed by atoms with Gasteiger partial charge in [0, 0.05) is 0 Å². The Kier molecular flexibility index (Phi) is 3.75. The van der Waals surface area contributed by atoms with E-state index in [1.807, 2.05) is 0 Å². The van der Waals surface area contributed by atoms with E-state index in [9.17, 15) is 8.42 Å². The molecule has 86 valence electrons. The predicted octanol–water partition coefficient (Wildman–Crippen LogP) is -1.14. The molecule has 1 atom stereocenters. The van der Waals surface area contributed by atoms with Gasteiger partial charge in [0.25, 0.3) is 0 Å². The maximum absolute atomic E-state index is 11.7. The van der Waals surface area contributed by atoms with E-state index < -0.39 is 15.1 Å². The summed E-state index contributed by atoms with van der Waals surface area (Å²) >= 11 is 0. The molecule has 0 amide bonds. The Morgan fingerprint density at radius 1 is 1.53 bits per heavy atom. The number of aromatic nitrogens is 4. The first kappa shape index (κ1) is 12.1. The van der Waals surface area contributed by atoms with Crippen molar-refractivity contribution < 1.29 is 8.42 Å². The van der Waals surface area contributed by atoms with Crippen LogP contribution in [0.1, 0.15) is 19.2 Å². The quantitative estimate of drug-likeness (QED) is 0.689. The maximum Gasteiger partial charge on any atom is 0.189 e. The van der Waals surface area contributed by atoms with Crippen molar-refractivity contribution in [3.63, 3.8) is 0 Å². The molecule has 0 saturated heterocycles. The summed E-state index contributed by atoms with van der Waals surface area (Å²) in [5.74, 6) is 0.0449. The van der Waals surface area contributed by atoms with E-state index in [-0.39, 0.29) is 11.6 Å². The Balaban J connectivity index is 2.72. The first-order chi connectivity index (χ1) is 6.95. The first-order valence-electron chi connectivity index (χ1n) is 4.60. The van der Waals surface area contributed by atoms with E-state index in [1.165, 1.54) is 4.80 Å². The van der Waals surface area contributed by atoms with Gasteiger partial charge < -0.3 is 5.73 Å². The van der Waals surface area contributed by atoms with Gasteiger partial charge in [-0.3, -0.25) is 0 Å². The van der Waals surface area contributed by atoms with E-state index in [1.54, 1.807) is 14.0 Å². The second-order valence-corrected chi connectivity index (χ2v) is 5.81. The second-order valence-electron chi connectivity index (χ2n) is 3.39. The fourth-order valence-corrected chi connectivity index (χ4v) is 2.37. The molecular weight excluding hydrogens is 218 g/mol. The molecule has 0 aromatic carbocycles. The van der Waals surface area contributed by atoms with Crippen molar-refractivity contribution in [3.05, 3.63) is 5.82 Å². The van der Waals surface area contributed by atoms with Crippen LogP contribution >= 0.6 is 0 Å². The van der Waals surface area contributed by atoms with Crippen LogP contribution in [-0.2, 0) is 22.6 Å². The summed E-state index contributed by atoms with van der Waals surface area (Å²) in [4.78, 5) is 1.23. The lowest BCUT2D eigenvalue weighted by Crippen LogP contribution is -2.23. The van der Waals surface area contributed by atoms with Crippen LogP contribution in [0.2, 0.25) is 0 Å². The molecule has 15 heavy (non-hydrogen) atoms. The lowest BCUT2D eigenvalue weighted by Gasteiger charge is -2.09. The fourth-order valence-electron chi connectivity index (χ4n) is 1.12. The van der Waals surface area contributed by atoms with Crippen LogP contribution in [0.15, 0.2) is 0 Å². The van der Waals surface area contributed by atoms with Crippen molar-refractivity contribution in [3.8, 4) is 0 Å². The van der Waals surface area contributed by atoms with Crippen molar-refractivity contribution in [1.82, 2.24) is 20.2 Å². The van der Waals surface area contributed by atoms with E-state index in [2.05, 4.69) is 15.4 Å². The molecule has 0 bridgehead atoms. The zero-order valence-electron chi connectivity index (χ0n) is 8.79. The number of tetrazole rings is 1. The van der Waals surface area contributed by atoms with Gasteiger partial charge in [0.15, 0.2) is 15.7 Å². The smallest absolute Gasteiger partial charge is 0.189 e. The Morgan fingerprint density at radius 2 is 2.20 bits per heavy atom. The van der Waals surface area contributed by atoms with Crippen molar-refractivity contribution in [2.45, 2.75) is 24.3 Å². The van der Waals surface area contributed by atoms with Crippen LogP contribution in [0.4, 0.5) is 0 Å². The zero-order chi connectivity index (χ0) is 11.5. The minimum Gasteiger partial charge on any atom is -0.330 e. The second kappa shape index (κ2) is 4.67. The van der Waals surface area contributed by atoms with Gasteiger partial charge >= 0.3 is 0 Å². The Bertz CT molecular complexity index is 413. The third-order valence-electron chi connectivity index (χ3n) is 2.07. The number of sulfone groups is 1. The summed E-state index contributed by atoms with van der Waals surface area (Å²) in [6, 6.07) is 0. The molecule has 1 aromatic rings. The molecule has 0 spiro atoms. The highest BCUT2D eigenvalue weighted by atomic mass is 32.2. The molecule has 0 fully saturated rings. The fraction of sp³-hybridized carbons (Fsp3) is 0.857. The normalized spacial score (nSPS) is 14.1. The molecular formula is C7H15N5O2S. The van der Waals surface area contributed by atoms with Crippen LogP contribution in [0.25, 0.3) is 0 Å². The summed E-state index contributed by atoms with van der Waals surface area (Å²) in [5.41, 5.74) is 5.31. The highest BCUT2D eigenvalue weighted by Crippen LogP contribution is 2.09. The Morgan fingerprint density at radius 3 is 2.67 bits per heavy atom. The van der Waals surface area contributed by atoms with Gasteiger partial charge in [-0.1, -0.05) is 0 Å². The van der Waals surface area contributed by atoms with Gasteiger partial charge in [-0.15, -0.1) is 10.2 Å². The van der Waals surface area contributed by atoms with Crippen LogP contribution < -0.4 is 5.73 Å². The van der Waals surface area contributed by atoms with E-state index in [0.29, 0.717) is 13.0 Å². The van der Waals surface area contributed by atoms with Gasteiger partial charge in [0.05, 0.1) is 12.3 Å². The molecule has 1 rings (SSSR count). The van der Waals surface area contributed by atoms with E-state index in [0.717, 1.165) is 0 Å². The summed E-state index contributed by atoms with van der Waals surface area (Å²) in [6.07, 6.45) is 0.447. The number of nitrogens with two attached hydrogens (primary N) is 1. The molecule has 1 unspecified atom stereocenters. The number of rotatable bonds is 5. The lowest BCUT2D eigenvalue weighted by molar-refractivity contribution is 0.575. The van der Waals surface area contributed by atoms with E-state index in [4.69, 9.17) is 5.73 Å². The van der Waals surface area contributed by atoms with Gasteiger partial charge in [-0.25, -0.2) is 8.42 Å². The zero-order valence-corrected chi connectivity index (χ0v) is 9.61. The summed E-state index contributed by atoms with van der Waals surface area (Å²) < 4.78 is 23.5. The van der Waals surface area contributed by atoms with Crippen molar-refractivity contribution in [2.75, 3.05) is 6.54 Å². The molecule has 0 saturated carbocycles. The summed E-state index contributed by atoms with van der Waals surface area (Å²) in [5, 5.41) is 10.6. The third-order valence-corrected chi connectivity index (χ3v) is 4.19. The van der Waals surface area contributed by atoms with Crippen LogP contribution in [-0.4, -0.2) is 40.4 Å². The average molecular weight is 233 g/mol. The molecule has 0 aliphatic carbocycles. The topological polar surface area (TPSA) is 104 Å². The van der Waals surface area contributed by atoms with Crippen LogP contribution in [0.5, 0.6) is 0 Å². The Labute approximate surface area is 88.6 Å². The minimum atomic E-state index is -3.22.